The van der Waals surface area contributed by atoms with Gasteiger partial charge in [-0.05, 0) is 32.6 Å². The molecule has 1 atom stereocenters. The van der Waals surface area contributed by atoms with E-state index < -0.39 is 15.7 Å². The molecule has 0 aromatic rings. The molecule has 1 rings (SSSR count). The minimum absolute atomic E-state index is 0.402. The number of halogens is 3. The van der Waals surface area contributed by atoms with E-state index in [9.17, 15) is 5.11 Å². The molecule has 1 aliphatic carbocycles. The van der Waals surface area contributed by atoms with Crippen LogP contribution in [-0.2, 0) is 9.78 Å². The Labute approximate surface area is 117 Å². The average Bonchev–Trinajstić information content (AvgIpc) is 2.26. The minimum atomic E-state index is -1.90. The van der Waals surface area contributed by atoms with E-state index in [1.165, 1.54) is 19.3 Å². The lowest BCUT2D eigenvalue weighted by molar-refractivity contribution is -0.420. The highest BCUT2D eigenvalue weighted by atomic mass is 35.6. The molecule has 102 valence electrons. The van der Waals surface area contributed by atoms with E-state index in [4.69, 9.17) is 44.6 Å². The van der Waals surface area contributed by atoms with E-state index in [1.807, 2.05) is 13.8 Å². The maximum atomic E-state index is 9.40. The van der Waals surface area contributed by atoms with Crippen molar-refractivity contribution >= 4 is 34.8 Å². The van der Waals surface area contributed by atoms with Crippen LogP contribution in [0.2, 0.25) is 0 Å². The molecule has 0 aromatic carbocycles. The van der Waals surface area contributed by atoms with Gasteiger partial charge in [0.05, 0.1) is 0 Å². The molecule has 1 unspecified atom stereocenters. The van der Waals surface area contributed by atoms with Crippen LogP contribution in [-0.4, -0.2) is 20.8 Å². The Morgan fingerprint density at radius 3 is 2.12 bits per heavy atom. The Bertz CT molecular complexity index is 235. The molecule has 3 nitrogen and oxygen atoms in total. The average molecular weight is 306 g/mol. The Morgan fingerprint density at radius 1 is 1.12 bits per heavy atom. The van der Waals surface area contributed by atoms with E-state index >= 15 is 0 Å². The first-order valence-corrected chi connectivity index (χ1v) is 6.96. The Kier molecular flexibility index (Phi) is 5.83. The number of aliphatic hydroxyl groups excluding tert-OH is 1. The summed E-state index contributed by atoms with van der Waals surface area (Å²) in [7, 11) is 0. The number of rotatable bonds is 4. The van der Waals surface area contributed by atoms with Crippen LogP contribution < -0.4 is 0 Å². The van der Waals surface area contributed by atoms with Crippen LogP contribution in [0.3, 0.4) is 0 Å². The standard InChI is InChI=1S/C11H19Cl3O3/c1-10(2,8-6-4-3-5-7-8)17-16-9(15)11(12,13)14/h8-9,15H,3-7H2,1-2H3. The first-order chi connectivity index (χ1) is 7.73. The molecule has 1 N–H and O–H groups in total. The van der Waals surface area contributed by atoms with E-state index in [-0.39, 0.29) is 0 Å². The smallest absolute Gasteiger partial charge is 0.243 e. The first kappa shape index (κ1) is 15.8. The Hall–Kier alpha value is 0.750. The molecule has 0 spiro atoms. The molecular weight excluding hydrogens is 286 g/mol. The predicted molar refractivity (Wildman–Crippen MR) is 69.1 cm³/mol. The maximum absolute atomic E-state index is 9.40. The van der Waals surface area contributed by atoms with Gasteiger partial charge in [0, 0.05) is 0 Å². The molecule has 0 saturated heterocycles. The Morgan fingerprint density at radius 2 is 1.65 bits per heavy atom. The lowest BCUT2D eigenvalue weighted by Crippen LogP contribution is -2.39. The highest BCUT2D eigenvalue weighted by Gasteiger charge is 2.37. The zero-order chi connectivity index (χ0) is 13.1. The van der Waals surface area contributed by atoms with Crippen molar-refractivity contribution in [2.24, 2.45) is 5.92 Å². The largest absolute Gasteiger partial charge is 0.362 e. The van der Waals surface area contributed by atoms with E-state index in [2.05, 4.69) is 0 Å². The van der Waals surface area contributed by atoms with Gasteiger partial charge < -0.3 is 5.11 Å². The van der Waals surface area contributed by atoms with Crippen LogP contribution >= 0.6 is 34.8 Å². The second-order valence-corrected chi connectivity index (χ2v) is 7.38. The van der Waals surface area contributed by atoms with Crippen LogP contribution in [0.25, 0.3) is 0 Å². The molecule has 0 radical (unpaired) electrons. The molecule has 0 aromatic heterocycles. The summed E-state index contributed by atoms with van der Waals surface area (Å²) < 4.78 is -1.90. The second kappa shape index (κ2) is 6.27. The summed E-state index contributed by atoms with van der Waals surface area (Å²) >= 11 is 16.4. The fourth-order valence-electron chi connectivity index (χ4n) is 2.09. The van der Waals surface area contributed by atoms with Crippen molar-refractivity contribution in [3.8, 4) is 0 Å². The maximum Gasteiger partial charge on any atom is 0.243 e. The van der Waals surface area contributed by atoms with Crippen LogP contribution in [0.5, 0.6) is 0 Å². The SMILES string of the molecule is CC(C)(OOC(O)C(Cl)(Cl)Cl)C1CCCCC1. The van der Waals surface area contributed by atoms with Crippen molar-refractivity contribution in [1.82, 2.24) is 0 Å². The summed E-state index contributed by atoms with van der Waals surface area (Å²) in [6.45, 7) is 3.85. The number of aliphatic hydroxyl groups is 1. The van der Waals surface area contributed by atoms with Crippen molar-refractivity contribution in [2.75, 3.05) is 0 Å². The summed E-state index contributed by atoms with van der Waals surface area (Å²) in [5, 5.41) is 9.40. The predicted octanol–water partition coefficient (Wildman–Crippen LogP) is 3.98. The highest BCUT2D eigenvalue weighted by molar-refractivity contribution is 6.67. The van der Waals surface area contributed by atoms with Gasteiger partial charge in [-0.2, -0.15) is 4.89 Å². The van der Waals surface area contributed by atoms with Crippen LogP contribution in [0, 0.1) is 5.92 Å². The van der Waals surface area contributed by atoms with Crippen molar-refractivity contribution < 1.29 is 14.9 Å². The molecule has 1 fully saturated rings. The number of hydrogen-bond donors (Lipinski definition) is 1. The van der Waals surface area contributed by atoms with Gasteiger partial charge in [0.15, 0.2) is 0 Å². The van der Waals surface area contributed by atoms with E-state index in [0.29, 0.717) is 5.92 Å². The molecule has 0 amide bonds. The van der Waals surface area contributed by atoms with Crippen LogP contribution in [0.4, 0.5) is 0 Å². The van der Waals surface area contributed by atoms with Gasteiger partial charge in [-0.15, -0.1) is 0 Å². The summed E-state index contributed by atoms with van der Waals surface area (Å²) in [4.78, 5) is 10.0. The van der Waals surface area contributed by atoms with Crippen molar-refractivity contribution in [1.29, 1.82) is 0 Å². The lowest BCUT2D eigenvalue weighted by atomic mass is 9.79. The molecule has 0 bridgehead atoms. The molecule has 0 heterocycles. The second-order valence-electron chi connectivity index (χ2n) is 5.01. The molecule has 6 heteroatoms. The topological polar surface area (TPSA) is 38.7 Å². The third-order valence-electron chi connectivity index (χ3n) is 3.22. The lowest BCUT2D eigenvalue weighted by Gasteiger charge is -2.36. The summed E-state index contributed by atoms with van der Waals surface area (Å²) in [6, 6.07) is 0. The van der Waals surface area contributed by atoms with Crippen LogP contribution in [0.15, 0.2) is 0 Å². The summed E-state index contributed by atoms with van der Waals surface area (Å²) in [5.41, 5.74) is -0.489. The van der Waals surface area contributed by atoms with Gasteiger partial charge in [-0.25, -0.2) is 4.89 Å². The van der Waals surface area contributed by atoms with Gasteiger partial charge in [-0.1, -0.05) is 54.1 Å². The molecule has 17 heavy (non-hydrogen) atoms. The van der Waals surface area contributed by atoms with E-state index in [1.54, 1.807) is 0 Å². The first-order valence-electron chi connectivity index (χ1n) is 5.83. The molecular formula is C11H19Cl3O3. The summed E-state index contributed by atoms with van der Waals surface area (Å²) in [6.07, 6.45) is 4.27. The fraction of sp³-hybridized carbons (Fsp3) is 1.00. The van der Waals surface area contributed by atoms with E-state index in [0.717, 1.165) is 12.8 Å². The normalized spacial score (nSPS) is 21.5. The van der Waals surface area contributed by atoms with Gasteiger partial charge in [0.2, 0.25) is 10.1 Å². The third-order valence-corrected chi connectivity index (χ3v) is 3.78. The fourth-order valence-corrected chi connectivity index (χ4v) is 2.20. The van der Waals surface area contributed by atoms with Gasteiger partial charge >= 0.3 is 0 Å². The van der Waals surface area contributed by atoms with Crippen molar-refractivity contribution in [2.45, 2.75) is 61.6 Å². The number of alkyl halides is 3. The monoisotopic (exact) mass is 304 g/mol. The zero-order valence-corrected chi connectivity index (χ0v) is 12.4. The molecule has 1 saturated carbocycles. The minimum Gasteiger partial charge on any atom is -0.362 e. The summed E-state index contributed by atoms with van der Waals surface area (Å²) in [5.74, 6) is 0.402. The van der Waals surface area contributed by atoms with Gasteiger partial charge in [-0.3, -0.25) is 0 Å². The highest BCUT2D eigenvalue weighted by Crippen LogP contribution is 2.36. The van der Waals surface area contributed by atoms with Crippen molar-refractivity contribution in [3.05, 3.63) is 0 Å². The number of hydrogen-bond acceptors (Lipinski definition) is 3. The van der Waals surface area contributed by atoms with Gasteiger partial charge in [0.25, 0.3) is 0 Å². The van der Waals surface area contributed by atoms with Gasteiger partial charge in [0.1, 0.15) is 5.60 Å². The molecule has 1 aliphatic rings. The zero-order valence-electron chi connectivity index (χ0n) is 10.1. The molecule has 0 aliphatic heterocycles. The van der Waals surface area contributed by atoms with Crippen LogP contribution in [0.1, 0.15) is 46.0 Å². The van der Waals surface area contributed by atoms with Crippen molar-refractivity contribution in [3.63, 3.8) is 0 Å². The quantitative estimate of drug-likeness (QED) is 0.369. The Balaban J connectivity index is 2.43. The third kappa shape index (κ3) is 5.09.